The minimum Gasteiger partial charge on any atom is -0.385 e. The van der Waals surface area contributed by atoms with Gasteiger partial charge in [0.2, 0.25) is 5.91 Å². The lowest BCUT2D eigenvalue weighted by Gasteiger charge is -2.11. The first-order valence-electron chi connectivity index (χ1n) is 5.25. The van der Waals surface area contributed by atoms with Crippen LogP contribution in [0, 0.1) is 6.92 Å². The highest BCUT2D eigenvalue weighted by Crippen LogP contribution is 2.09. The van der Waals surface area contributed by atoms with Crippen molar-refractivity contribution < 1.29 is 9.53 Å². The van der Waals surface area contributed by atoms with Crippen LogP contribution in [-0.2, 0) is 9.53 Å². The molecule has 0 radical (unpaired) electrons. The number of anilines is 1. The van der Waals surface area contributed by atoms with Gasteiger partial charge in [-0.05, 0) is 25.5 Å². The third-order valence-corrected chi connectivity index (χ3v) is 2.29. The molecule has 0 aromatic heterocycles. The number of carbonyl (C=O) groups excluding carboxylic acids is 1. The van der Waals surface area contributed by atoms with Crippen molar-refractivity contribution in [1.29, 1.82) is 0 Å². The summed E-state index contributed by atoms with van der Waals surface area (Å²) in [5.41, 5.74) is 7.61. The summed E-state index contributed by atoms with van der Waals surface area (Å²) >= 11 is 0. The van der Waals surface area contributed by atoms with Crippen molar-refractivity contribution in [2.45, 2.75) is 19.4 Å². The van der Waals surface area contributed by atoms with E-state index in [1.165, 1.54) is 0 Å². The van der Waals surface area contributed by atoms with E-state index in [0.717, 1.165) is 11.3 Å². The predicted molar refractivity (Wildman–Crippen MR) is 64.3 cm³/mol. The number of aryl methyl sites for hydroxylation is 1. The van der Waals surface area contributed by atoms with Crippen molar-refractivity contribution in [1.82, 2.24) is 0 Å². The van der Waals surface area contributed by atoms with Crippen molar-refractivity contribution in [2.75, 3.05) is 19.0 Å². The Balaban J connectivity index is 2.47. The molecule has 1 aromatic rings. The molecule has 0 aliphatic heterocycles. The van der Waals surface area contributed by atoms with E-state index in [1.54, 1.807) is 7.11 Å². The topological polar surface area (TPSA) is 64.3 Å². The van der Waals surface area contributed by atoms with Crippen molar-refractivity contribution in [3.05, 3.63) is 29.8 Å². The van der Waals surface area contributed by atoms with Crippen molar-refractivity contribution in [3.8, 4) is 0 Å². The predicted octanol–water partition coefficient (Wildman–Crippen LogP) is 1.30. The minimum atomic E-state index is -0.527. The lowest BCUT2D eigenvalue weighted by atomic mass is 10.2. The average Bonchev–Trinajstić information content (AvgIpc) is 2.29. The minimum absolute atomic E-state index is 0.180. The average molecular weight is 222 g/mol. The van der Waals surface area contributed by atoms with Gasteiger partial charge in [-0.3, -0.25) is 4.79 Å². The number of benzene rings is 1. The molecule has 1 unspecified atom stereocenters. The molecule has 1 rings (SSSR count). The molecule has 0 heterocycles. The van der Waals surface area contributed by atoms with Gasteiger partial charge in [-0.1, -0.05) is 17.7 Å². The van der Waals surface area contributed by atoms with Gasteiger partial charge in [-0.2, -0.15) is 0 Å². The first-order chi connectivity index (χ1) is 7.63. The number of ether oxygens (including phenoxy) is 1. The number of carbonyl (C=O) groups is 1. The quantitative estimate of drug-likeness (QED) is 0.789. The first-order valence-corrected chi connectivity index (χ1v) is 5.25. The van der Waals surface area contributed by atoms with E-state index in [-0.39, 0.29) is 5.91 Å². The molecule has 0 aliphatic rings. The van der Waals surface area contributed by atoms with E-state index in [1.807, 2.05) is 31.2 Å². The van der Waals surface area contributed by atoms with E-state index in [4.69, 9.17) is 10.5 Å². The maximum absolute atomic E-state index is 11.6. The SMILES string of the molecule is COCCC(N)C(=O)Nc1ccc(C)cc1. The summed E-state index contributed by atoms with van der Waals surface area (Å²) < 4.78 is 4.87. The van der Waals surface area contributed by atoms with Crippen LogP contribution in [0.1, 0.15) is 12.0 Å². The van der Waals surface area contributed by atoms with Gasteiger partial charge < -0.3 is 15.8 Å². The summed E-state index contributed by atoms with van der Waals surface area (Å²) in [6, 6.07) is 7.07. The normalized spacial score (nSPS) is 12.2. The molecular weight excluding hydrogens is 204 g/mol. The fourth-order valence-electron chi connectivity index (χ4n) is 1.25. The number of hydrogen-bond acceptors (Lipinski definition) is 3. The van der Waals surface area contributed by atoms with Crippen molar-refractivity contribution in [2.24, 2.45) is 5.73 Å². The van der Waals surface area contributed by atoms with Gasteiger partial charge in [0.05, 0.1) is 6.04 Å². The molecular formula is C12H18N2O2. The number of hydrogen-bond donors (Lipinski definition) is 2. The van der Waals surface area contributed by atoms with Crippen LogP contribution >= 0.6 is 0 Å². The molecule has 0 saturated carbocycles. The summed E-state index contributed by atoms with van der Waals surface area (Å²) in [6.45, 7) is 2.48. The molecule has 3 N–H and O–H groups in total. The van der Waals surface area contributed by atoms with E-state index in [2.05, 4.69) is 5.32 Å². The Bertz CT molecular complexity index is 335. The first kappa shape index (κ1) is 12.7. The van der Waals surface area contributed by atoms with E-state index in [9.17, 15) is 4.79 Å². The number of rotatable bonds is 5. The lowest BCUT2D eigenvalue weighted by molar-refractivity contribution is -0.117. The number of nitrogens with one attached hydrogen (secondary N) is 1. The highest BCUT2D eigenvalue weighted by Gasteiger charge is 2.12. The van der Waals surface area contributed by atoms with Crippen LogP contribution in [0.15, 0.2) is 24.3 Å². The van der Waals surface area contributed by atoms with Crippen LogP contribution in [0.25, 0.3) is 0 Å². The summed E-state index contributed by atoms with van der Waals surface area (Å²) in [7, 11) is 1.59. The molecule has 0 aliphatic carbocycles. The van der Waals surface area contributed by atoms with E-state index >= 15 is 0 Å². The maximum Gasteiger partial charge on any atom is 0.241 e. The zero-order chi connectivity index (χ0) is 12.0. The molecule has 1 atom stereocenters. The van der Waals surface area contributed by atoms with Crippen LogP contribution in [0.2, 0.25) is 0 Å². The van der Waals surface area contributed by atoms with Gasteiger partial charge >= 0.3 is 0 Å². The molecule has 16 heavy (non-hydrogen) atoms. The molecule has 0 saturated heterocycles. The lowest BCUT2D eigenvalue weighted by Crippen LogP contribution is -2.36. The third kappa shape index (κ3) is 4.00. The number of methoxy groups -OCH3 is 1. The zero-order valence-electron chi connectivity index (χ0n) is 9.69. The molecule has 1 aromatic carbocycles. The standard InChI is InChI=1S/C12H18N2O2/c1-9-3-5-10(6-4-9)14-12(15)11(13)7-8-16-2/h3-6,11H,7-8,13H2,1-2H3,(H,14,15). The summed E-state index contributed by atoms with van der Waals surface area (Å²) in [5, 5.41) is 2.76. The Hall–Kier alpha value is -1.39. The second kappa shape index (κ2) is 6.25. The van der Waals surface area contributed by atoms with Gasteiger partial charge in [0.1, 0.15) is 0 Å². The van der Waals surface area contributed by atoms with Gasteiger partial charge in [-0.15, -0.1) is 0 Å². The van der Waals surface area contributed by atoms with Crippen LogP contribution in [0.5, 0.6) is 0 Å². The molecule has 4 nitrogen and oxygen atoms in total. The Kier molecular flexibility index (Phi) is 4.95. The Morgan fingerprint density at radius 2 is 2.06 bits per heavy atom. The van der Waals surface area contributed by atoms with Crippen molar-refractivity contribution in [3.63, 3.8) is 0 Å². The smallest absolute Gasteiger partial charge is 0.241 e. The molecule has 4 heteroatoms. The Labute approximate surface area is 95.8 Å². The second-order valence-electron chi connectivity index (χ2n) is 3.74. The fraction of sp³-hybridized carbons (Fsp3) is 0.417. The van der Waals surface area contributed by atoms with Crippen LogP contribution in [0.4, 0.5) is 5.69 Å². The summed E-state index contributed by atoms with van der Waals surface area (Å²) in [4.78, 5) is 11.6. The van der Waals surface area contributed by atoms with Gasteiger partial charge in [0.15, 0.2) is 0 Å². The molecule has 0 fully saturated rings. The summed E-state index contributed by atoms with van der Waals surface area (Å²) in [5.74, 6) is -0.180. The molecule has 0 bridgehead atoms. The maximum atomic E-state index is 11.6. The summed E-state index contributed by atoms with van der Waals surface area (Å²) in [6.07, 6.45) is 0.522. The fourth-order valence-corrected chi connectivity index (χ4v) is 1.25. The van der Waals surface area contributed by atoms with Crippen LogP contribution in [-0.4, -0.2) is 25.7 Å². The second-order valence-corrected chi connectivity index (χ2v) is 3.74. The van der Waals surface area contributed by atoms with E-state index in [0.29, 0.717) is 13.0 Å². The largest absolute Gasteiger partial charge is 0.385 e. The Morgan fingerprint density at radius 1 is 1.44 bits per heavy atom. The molecule has 1 amide bonds. The van der Waals surface area contributed by atoms with Crippen LogP contribution < -0.4 is 11.1 Å². The van der Waals surface area contributed by atoms with Gasteiger partial charge in [0, 0.05) is 19.4 Å². The zero-order valence-corrected chi connectivity index (χ0v) is 9.69. The van der Waals surface area contributed by atoms with Gasteiger partial charge in [0.25, 0.3) is 0 Å². The molecule has 88 valence electrons. The highest BCUT2D eigenvalue weighted by molar-refractivity contribution is 5.94. The monoisotopic (exact) mass is 222 g/mol. The highest BCUT2D eigenvalue weighted by atomic mass is 16.5. The van der Waals surface area contributed by atoms with E-state index < -0.39 is 6.04 Å². The Morgan fingerprint density at radius 3 is 2.62 bits per heavy atom. The van der Waals surface area contributed by atoms with Crippen LogP contribution in [0.3, 0.4) is 0 Å². The van der Waals surface area contributed by atoms with Gasteiger partial charge in [-0.25, -0.2) is 0 Å². The number of amides is 1. The number of nitrogens with two attached hydrogens (primary N) is 1. The molecule has 0 spiro atoms. The van der Waals surface area contributed by atoms with Crippen molar-refractivity contribution >= 4 is 11.6 Å². The third-order valence-electron chi connectivity index (χ3n) is 2.29.